The maximum absolute atomic E-state index is 12.4. The lowest BCUT2D eigenvalue weighted by Crippen LogP contribution is -2.13. The standard InChI is InChI=1S/C13H9F2NO7S2/c14-13(15)24(19,20)11-4-6-12(7-5-11)25(21,22)23-10-3-1-2-9(8-10)16(17)18/h1-8,13H. The molecular formula is C13H9F2NO7S2. The van der Waals surface area contributed by atoms with Crippen LogP contribution >= 0.6 is 0 Å². The number of benzene rings is 2. The number of rotatable bonds is 6. The topological polar surface area (TPSA) is 121 Å². The van der Waals surface area contributed by atoms with Gasteiger partial charge in [-0.25, -0.2) is 8.42 Å². The molecule has 0 saturated carbocycles. The molecule has 0 amide bonds. The van der Waals surface area contributed by atoms with E-state index >= 15 is 0 Å². The van der Waals surface area contributed by atoms with Crippen molar-refractivity contribution in [1.29, 1.82) is 0 Å². The van der Waals surface area contributed by atoms with Gasteiger partial charge in [-0.2, -0.15) is 17.2 Å². The lowest BCUT2D eigenvalue weighted by molar-refractivity contribution is -0.384. The van der Waals surface area contributed by atoms with Gasteiger partial charge >= 0.3 is 15.9 Å². The van der Waals surface area contributed by atoms with Gasteiger partial charge in [-0.15, -0.1) is 0 Å². The van der Waals surface area contributed by atoms with E-state index < -0.39 is 46.1 Å². The maximum atomic E-state index is 12.4. The van der Waals surface area contributed by atoms with Gasteiger partial charge in [-0.05, 0) is 30.3 Å². The highest BCUT2D eigenvalue weighted by Gasteiger charge is 2.27. The minimum atomic E-state index is -4.86. The van der Waals surface area contributed by atoms with Crippen LogP contribution in [0.3, 0.4) is 0 Å². The minimum Gasteiger partial charge on any atom is -0.379 e. The van der Waals surface area contributed by atoms with Crippen LogP contribution in [0.15, 0.2) is 58.3 Å². The Kier molecular flexibility index (Phi) is 5.04. The predicted molar refractivity (Wildman–Crippen MR) is 80.5 cm³/mol. The zero-order valence-corrected chi connectivity index (χ0v) is 13.7. The van der Waals surface area contributed by atoms with Crippen molar-refractivity contribution in [3.63, 3.8) is 0 Å². The smallest absolute Gasteiger partial charge is 0.341 e. The number of nitrogens with zero attached hydrogens (tertiary/aromatic N) is 1. The summed E-state index contributed by atoms with van der Waals surface area (Å²) in [7, 11) is -9.30. The van der Waals surface area contributed by atoms with Gasteiger partial charge in [-0.3, -0.25) is 10.1 Å². The van der Waals surface area contributed by atoms with Crippen LogP contribution in [0.4, 0.5) is 14.5 Å². The molecule has 134 valence electrons. The van der Waals surface area contributed by atoms with Crippen molar-refractivity contribution in [1.82, 2.24) is 0 Å². The van der Waals surface area contributed by atoms with Crippen LogP contribution in [0.2, 0.25) is 0 Å². The Labute approximate surface area is 140 Å². The fourth-order valence-corrected chi connectivity index (χ4v) is 3.37. The molecule has 25 heavy (non-hydrogen) atoms. The van der Waals surface area contributed by atoms with Crippen LogP contribution in [0.25, 0.3) is 0 Å². The summed E-state index contributed by atoms with van der Waals surface area (Å²) >= 11 is 0. The van der Waals surface area contributed by atoms with Gasteiger partial charge in [0.1, 0.15) is 10.6 Å². The van der Waals surface area contributed by atoms with Gasteiger partial charge in [-0.1, -0.05) is 6.07 Å². The molecule has 12 heteroatoms. The summed E-state index contributed by atoms with van der Waals surface area (Å²) in [4.78, 5) is 8.65. The predicted octanol–water partition coefficient (Wildman–Crippen LogP) is 2.36. The Bertz CT molecular complexity index is 1000. The molecule has 0 heterocycles. The van der Waals surface area contributed by atoms with Crippen molar-refractivity contribution in [3.8, 4) is 5.75 Å². The zero-order valence-electron chi connectivity index (χ0n) is 12.1. The second kappa shape index (κ2) is 6.72. The maximum Gasteiger partial charge on any atom is 0.341 e. The van der Waals surface area contributed by atoms with Gasteiger partial charge in [0.05, 0.1) is 15.9 Å². The summed E-state index contributed by atoms with van der Waals surface area (Å²) in [6.45, 7) is 0. The van der Waals surface area contributed by atoms with E-state index in [1.807, 2.05) is 0 Å². The molecular weight excluding hydrogens is 384 g/mol. The molecule has 2 aromatic rings. The van der Waals surface area contributed by atoms with E-state index in [1.165, 1.54) is 12.1 Å². The molecule has 2 aromatic carbocycles. The summed E-state index contributed by atoms with van der Waals surface area (Å²) in [5.74, 6) is -3.98. The largest absolute Gasteiger partial charge is 0.379 e. The molecule has 0 aliphatic carbocycles. The number of alkyl halides is 2. The number of non-ortho nitro benzene ring substituents is 1. The fraction of sp³-hybridized carbons (Fsp3) is 0.0769. The van der Waals surface area contributed by atoms with E-state index in [0.29, 0.717) is 12.1 Å². The quantitative estimate of drug-likeness (QED) is 0.419. The van der Waals surface area contributed by atoms with E-state index in [9.17, 15) is 35.7 Å². The number of nitro groups is 1. The number of sulfone groups is 1. The van der Waals surface area contributed by atoms with Gasteiger partial charge < -0.3 is 4.18 Å². The summed E-state index contributed by atoms with van der Waals surface area (Å²) in [6.07, 6.45) is 0. The van der Waals surface area contributed by atoms with Gasteiger partial charge in [0.15, 0.2) is 0 Å². The third-order valence-corrected chi connectivity index (χ3v) is 5.57. The highest BCUT2D eigenvalue weighted by Crippen LogP contribution is 2.25. The normalized spacial score (nSPS) is 12.1. The van der Waals surface area contributed by atoms with Gasteiger partial charge in [0.25, 0.3) is 5.69 Å². The van der Waals surface area contributed by atoms with Crippen LogP contribution in [-0.2, 0) is 20.0 Å². The molecule has 0 atom stereocenters. The van der Waals surface area contributed by atoms with Gasteiger partial charge in [0.2, 0.25) is 9.84 Å². The first-order valence-corrected chi connectivity index (χ1v) is 9.30. The van der Waals surface area contributed by atoms with Crippen LogP contribution in [0.1, 0.15) is 0 Å². The Hall–Kier alpha value is -2.60. The molecule has 0 bridgehead atoms. The second-order valence-electron chi connectivity index (χ2n) is 4.57. The Morgan fingerprint density at radius 2 is 1.52 bits per heavy atom. The van der Waals surface area contributed by atoms with Crippen molar-refractivity contribution in [3.05, 3.63) is 58.6 Å². The van der Waals surface area contributed by atoms with E-state index in [4.69, 9.17) is 4.18 Å². The lowest BCUT2D eigenvalue weighted by atomic mass is 10.3. The highest BCUT2D eigenvalue weighted by molar-refractivity contribution is 7.91. The average Bonchev–Trinajstić information content (AvgIpc) is 2.54. The van der Waals surface area contributed by atoms with E-state index in [1.54, 1.807) is 0 Å². The number of halogens is 2. The van der Waals surface area contributed by atoms with Crippen molar-refractivity contribution in [2.24, 2.45) is 0 Å². The summed E-state index contributed by atoms with van der Waals surface area (Å²) in [5, 5.41) is 10.7. The van der Waals surface area contributed by atoms with Crippen molar-refractivity contribution in [2.45, 2.75) is 15.5 Å². The molecule has 8 nitrogen and oxygen atoms in total. The molecule has 0 aliphatic heterocycles. The van der Waals surface area contributed by atoms with E-state index in [-0.39, 0.29) is 5.75 Å². The summed E-state index contributed by atoms with van der Waals surface area (Å²) < 4.78 is 76.4. The first-order chi connectivity index (χ1) is 11.5. The molecule has 0 radical (unpaired) electrons. The van der Waals surface area contributed by atoms with Crippen LogP contribution in [-0.4, -0.2) is 27.5 Å². The van der Waals surface area contributed by atoms with Crippen molar-refractivity contribution in [2.75, 3.05) is 0 Å². The molecule has 0 aliphatic rings. The van der Waals surface area contributed by atoms with E-state index in [2.05, 4.69) is 0 Å². The monoisotopic (exact) mass is 393 g/mol. The Balaban J connectivity index is 2.32. The molecule has 0 spiro atoms. The Morgan fingerprint density at radius 1 is 0.960 bits per heavy atom. The number of nitro benzene ring substituents is 1. The lowest BCUT2D eigenvalue weighted by Gasteiger charge is -2.08. The minimum absolute atomic E-state index is 0.335. The Morgan fingerprint density at radius 3 is 2.04 bits per heavy atom. The average molecular weight is 393 g/mol. The number of hydrogen-bond donors (Lipinski definition) is 0. The molecule has 0 aromatic heterocycles. The molecule has 0 N–H and O–H groups in total. The highest BCUT2D eigenvalue weighted by atomic mass is 32.2. The second-order valence-corrected chi connectivity index (χ2v) is 8.03. The third kappa shape index (κ3) is 4.09. The van der Waals surface area contributed by atoms with Crippen molar-refractivity contribution >= 4 is 25.6 Å². The summed E-state index contributed by atoms with van der Waals surface area (Å²) in [5.41, 5.74) is -0.397. The van der Waals surface area contributed by atoms with Crippen molar-refractivity contribution < 1.29 is 34.7 Å². The molecule has 0 unspecified atom stereocenters. The van der Waals surface area contributed by atoms with Crippen LogP contribution in [0, 0.1) is 10.1 Å². The van der Waals surface area contributed by atoms with Crippen LogP contribution in [0.5, 0.6) is 5.75 Å². The fourth-order valence-electron chi connectivity index (χ4n) is 1.72. The first-order valence-electron chi connectivity index (χ1n) is 6.35. The SMILES string of the molecule is O=[N+]([O-])c1cccc(OS(=O)(=O)c2ccc(S(=O)(=O)C(F)F)cc2)c1. The number of hydrogen-bond acceptors (Lipinski definition) is 7. The zero-order chi connectivity index (χ0) is 18.8. The summed E-state index contributed by atoms with van der Waals surface area (Å²) in [6, 6.07) is 7.35. The first kappa shape index (κ1) is 18.7. The molecule has 2 rings (SSSR count). The van der Waals surface area contributed by atoms with Gasteiger partial charge in [0, 0.05) is 6.07 Å². The van der Waals surface area contributed by atoms with E-state index in [0.717, 1.165) is 24.3 Å². The molecule has 0 saturated heterocycles. The molecule has 0 fully saturated rings. The third-order valence-electron chi connectivity index (χ3n) is 2.91. The van der Waals surface area contributed by atoms with Crippen LogP contribution < -0.4 is 4.18 Å².